The first-order valence-electron chi connectivity index (χ1n) is 9.77. The fourth-order valence-electron chi connectivity index (χ4n) is 3.41. The second-order valence-electron chi connectivity index (χ2n) is 7.81. The van der Waals surface area contributed by atoms with Crippen LogP contribution in [0.25, 0.3) is 0 Å². The molecule has 1 aliphatic rings. The van der Waals surface area contributed by atoms with Crippen LogP contribution < -0.4 is 15.0 Å². The number of fused-ring (bicyclic) bond motifs is 1. The van der Waals surface area contributed by atoms with Gasteiger partial charge in [-0.2, -0.15) is 0 Å². The van der Waals surface area contributed by atoms with Crippen molar-refractivity contribution in [3.8, 4) is 5.75 Å². The summed E-state index contributed by atoms with van der Waals surface area (Å²) in [6.45, 7) is 9.15. The van der Waals surface area contributed by atoms with Gasteiger partial charge in [0.2, 0.25) is 5.91 Å². The number of nitro benzene ring substituents is 1. The van der Waals surface area contributed by atoms with Crippen molar-refractivity contribution in [1.82, 2.24) is 0 Å². The van der Waals surface area contributed by atoms with Crippen LogP contribution in [0.2, 0.25) is 0 Å². The average molecular weight is 411 g/mol. The Morgan fingerprint density at radius 2 is 1.90 bits per heavy atom. The molecule has 3 rings (SSSR count). The molecule has 2 aromatic carbocycles. The van der Waals surface area contributed by atoms with Crippen molar-refractivity contribution >= 4 is 28.9 Å². The predicted octanol–water partition coefficient (Wildman–Crippen LogP) is 3.99. The van der Waals surface area contributed by atoms with Gasteiger partial charge in [0.15, 0.2) is 11.9 Å². The molecule has 8 heteroatoms. The van der Waals surface area contributed by atoms with Crippen LogP contribution in [-0.4, -0.2) is 28.9 Å². The van der Waals surface area contributed by atoms with E-state index in [1.807, 2.05) is 45.9 Å². The molecule has 0 fully saturated rings. The van der Waals surface area contributed by atoms with Crippen LogP contribution in [-0.2, 0) is 9.59 Å². The van der Waals surface area contributed by atoms with Crippen molar-refractivity contribution in [2.75, 3.05) is 10.2 Å². The minimum atomic E-state index is -0.845. The standard InChI is InChI=1S/C22H25N3O5/c1-12(2)20-22(27)24(18-10-9-16(25(28)29)11-19(18)30-20)15(5)21(26)23-17-8-6-7-13(3)14(17)4/h6-12,15,20H,1-5H3,(H,23,26). The molecule has 0 spiro atoms. The fraction of sp³-hybridized carbons (Fsp3) is 0.364. The Hall–Kier alpha value is -3.42. The highest BCUT2D eigenvalue weighted by Crippen LogP contribution is 2.39. The molecule has 2 atom stereocenters. The van der Waals surface area contributed by atoms with Crippen LogP contribution in [0.4, 0.5) is 17.1 Å². The average Bonchev–Trinajstić information content (AvgIpc) is 2.69. The minimum absolute atomic E-state index is 0.141. The molecule has 158 valence electrons. The highest BCUT2D eigenvalue weighted by molar-refractivity contribution is 6.08. The summed E-state index contributed by atoms with van der Waals surface area (Å²) in [4.78, 5) is 38.2. The van der Waals surface area contributed by atoms with Crippen LogP contribution in [0.5, 0.6) is 5.75 Å². The number of rotatable bonds is 5. The first kappa shape index (κ1) is 21.3. The summed E-state index contributed by atoms with van der Waals surface area (Å²) in [6, 6.07) is 8.81. The third-order valence-corrected chi connectivity index (χ3v) is 5.38. The van der Waals surface area contributed by atoms with Crippen molar-refractivity contribution in [2.45, 2.75) is 46.8 Å². The van der Waals surface area contributed by atoms with Gasteiger partial charge in [-0.3, -0.25) is 24.6 Å². The van der Waals surface area contributed by atoms with E-state index in [1.165, 1.54) is 23.1 Å². The zero-order valence-corrected chi connectivity index (χ0v) is 17.6. The molecule has 2 aromatic rings. The molecule has 0 saturated heterocycles. The molecule has 2 unspecified atom stereocenters. The predicted molar refractivity (Wildman–Crippen MR) is 114 cm³/mol. The summed E-state index contributed by atoms with van der Waals surface area (Å²) in [5.41, 5.74) is 2.86. The Balaban J connectivity index is 1.98. The molecule has 1 N–H and O–H groups in total. The fourth-order valence-corrected chi connectivity index (χ4v) is 3.41. The maximum Gasteiger partial charge on any atom is 0.273 e. The van der Waals surface area contributed by atoms with E-state index >= 15 is 0 Å². The summed E-state index contributed by atoms with van der Waals surface area (Å²) in [7, 11) is 0. The van der Waals surface area contributed by atoms with Crippen molar-refractivity contribution in [3.63, 3.8) is 0 Å². The van der Waals surface area contributed by atoms with Gasteiger partial charge in [0, 0.05) is 11.8 Å². The van der Waals surface area contributed by atoms with Crippen LogP contribution >= 0.6 is 0 Å². The molecule has 0 aromatic heterocycles. The van der Waals surface area contributed by atoms with E-state index in [0.29, 0.717) is 11.4 Å². The number of aryl methyl sites for hydroxylation is 1. The molecule has 30 heavy (non-hydrogen) atoms. The number of ether oxygens (including phenoxy) is 1. The third-order valence-electron chi connectivity index (χ3n) is 5.38. The Morgan fingerprint density at radius 1 is 1.20 bits per heavy atom. The number of benzene rings is 2. The largest absolute Gasteiger partial charge is 0.478 e. The summed E-state index contributed by atoms with van der Waals surface area (Å²) in [5, 5.41) is 14.0. The van der Waals surface area contributed by atoms with E-state index in [-0.39, 0.29) is 29.2 Å². The first-order valence-corrected chi connectivity index (χ1v) is 9.77. The van der Waals surface area contributed by atoms with Gasteiger partial charge in [-0.15, -0.1) is 0 Å². The Morgan fingerprint density at radius 3 is 2.53 bits per heavy atom. The molecule has 0 radical (unpaired) electrons. The molecule has 1 aliphatic heterocycles. The number of anilines is 2. The van der Waals surface area contributed by atoms with Gasteiger partial charge in [-0.05, 0) is 49.9 Å². The molecular formula is C22H25N3O5. The maximum absolute atomic E-state index is 13.2. The zero-order chi connectivity index (χ0) is 22.2. The van der Waals surface area contributed by atoms with Crippen molar-refractivity contribution in [1.29, 1.82) is 0 Å². The number of nitro groups is 1. The second-order valence-corrected chi connectivity index (χ2v) is 7.81. The SMILES string of the molecule is Cc1cccc(NC(=O)C(C)N2C(=O)C(C(C)C)Oc3cc([N+](=O)[O-])ccc32)c1C. The smallest absolute Gasteiger partial charge is 0.273 e. The van der Waals surface area contributed by atoms with Gasteiger partial charge in [-0.1, -0.05) is 26.0 Å². The molecular weight excluding hydrogens is 386 g/mol. The number of amides is 2. The van der Waals surface area contributed by atoms with Gasteiger partial charge < -0.3 is 10.1 Å². The lowest BCUT2D eigenvalue weighted by Crippen LogP contribution is -2.55. The maximum atomic E-state index is 13.2. The van der Waals surface area contributed by atoms with Crippen molar-refractivity contribution in [3.05, 3.63) is 57.6 Å². The van der Waals surface area contributed by atoms with E-state index < -0.39 is 17.1 Å². The van der Waals surface area contributed by atoms with Crippen molar-refractivity contribution in [2.24, 2.45) is 5.92 Å². The van der Waals surface area contributed by atoms with Crippen LogP contribution in [0.1, 0.15) is 31.9 Å². The summed E-state index contributed by atoms with van der Waals surface area (Å²) < 4.78 is 5.78. The summed E-state index contributed by atoms with van der Waals surface area (Å²) in [6.07, 6.45) is -0.838. The van der Waals surface area contributed by atoms with Gasteiger partial charge in [0.25, 0.3) is 11.6 Å². The van der Waals surface area contributed by atoms with Gasteiger partial charge in [0.1, 0.15) is 6.04 Å². The second kappa shape index (κ2) is 8.14. The van der Waals surface area contributed by atoms with E-state index in [2.05, 4.69) is 5.32 Å². The monoisotopic (exact) mass is 411 g/mol. The first-order chi connectivity index (χ1) is 14.1. The van der Waals surface area contributed by atoms with Gasteiger partial charge in [0.05, 0.1) is 16.7 Å². The molecule has 2 amide bonds. The topological polar surface area (TPSA) is 102 Å². The lowest BCUT2D eigenvalue weighted by molar-refractivity contribution is -0.384. The normalized spacial score (nSPS) is 16.7. The number of nitrogens with one attached hydrogen (secondary N) is 1. The molecule has 0 aliphatic carbocycles. The van der Waals surface area contributed by atoms with E-state index in [1.54, 1.807) is 6.92 Å². The van der Waals surface area contributed by atoms with Crippen molar-refractivity contribution < 1.29 is 19.2 Å². The van der Waals surface area contributed by atoms with E-state index in [9.17, 15) is 19.7 Å². The number of carbonyl (C=O) groups is 2. The Bertz CT molecular complexity index is 1020. The van der Waals surface area contributed by atoms with Crippen LogP contribution in [0.15, 0.2) is 36.4 Å². The number of hydrogen-bond donors (Lipinski definition) is 1. The quantitative estimate of drug-likeness (QED) is 0.592. The molecule has 0 saturated carbocycles. The highest BCUT2D eigenvalue weighted by atomic mass is 16.6. The van der Waals surface area contributed by atoms with Crippen LogP contribution in [0, 0.1) is 29.9 Å². The minimum Gasteiger partial charge on any atom is -0.478 e. The van der Waals surface area contributed by atoms with E-state index in [0.717, 1.165) is 11.1 Å². The summed E-state index contributed by atoms with van der Waals surface area (Å²) >= 11 is 0. The van der Waals surface area contributed by atoms with Gasteiger partial charge in [-0.25, -0.2) is 0 Å². The zero-order valence-electron chi connectivity index (χ0n) is 17.6. The number of non-ortho nitro benzene ring substituents is 1. The highest BCUT2D eigenvalue weighted by Gasteiger charge is 2.41. The number of hydrogen-bond acceptors (Lipinski definition) is 5. The number of nitrogens with zero attached hydrogens (tertiary/aromatic N) is 2. The lowest BCUT2D eigenvalue weighted by Gasteiger charge is -2.38. The van der Waals surface area contributed by atoms with E-state index in [4.69, 9.17) is 4.74 Å². The van der Waals surface area contributed by atoms with Gasteiger partial charge >= 0.3 is 0 Å². The Labute approximate surface area is 175 Å². The number of carbonyl (C=O) groups excluding carboxylic acids is 2. The van der Waals surface area contributed by atoms with Crippen LogP contribution in [0.3, 0.4) is 0 Å². The third kappa shape index (κ3) is 3.85. The Kier molecular flexibility index (Phi) is 5.78. The lowest BCUT2D eigenvalue weighted by atomic mass is 10.0. The molecule has 1 heterocycles. The summed E-state index contributed by atoms with van der Waals surface area (Å²) in [5.74, 6) is -0.670. The molecule has 0 bridgehead atoms. The molecule has 8 nitrogen and oxygen atoms in total.